The Hall–Kier alpha value is -1.84. The first-order valence-corrected chi connectivity index (χ1v) is 8.48. The van der Waals surface area contributed by atoms with Gasteiger partial charge in [0.25, 0.3) is 5.91 Å². The van der Waals surface area contributed by atoms with E-state index in [1.165, 1.54) is 0 Å². The molecule has 2 heterocycles. The summed E-state index contributed by atoms with van der Waals surface area (Å²) in [6, 6.07) is 3.79. The Morgan fingerprint density at radius 2 is 2.29 bits per heavy atom. The lowest BCUT2D eigenvalue weighted by atomic mass is 10.1. The summed E-state index contributed by atoms with van der Waals surface area (Å²) in [4.78, 5) is 12.4. The number of nitrogens with one attached hydrogen (secondary N) is 1. The number of ether oxygens (including phenoxy) is 2. The minimum atomic E-state index is -0.579. The molecule has 1 N–H and O–H groups in total. The third kappa shape index (κ3) is 4.83. The van der Waals surface area contributed by atoms with Crippen LogP contribution in [0.25, 0.3) is 0 Å². The largest absolute Gasteiger partial charge is 0.376 e. The number of aromatic nitrogens is 1. The van der Waals surface area contributed by atoms with E-state index < -0.39 is 6.10 Å². The molecule has 1 aliphatic rings. The Balaban J connectivity index is 1.96. The molecule has 1 aromatic heterocycles. The molecule has 6 nitrogen and oxygen atoms in total. The van der Waals surface area contributed by atoms with Crippen LogP contribution < -0.4 is 5.32 Å². The molecular formula is C18H27N3O3. The van der Waals surface area contributed by atoms with Crippen molar-refractivity contribution in [3.63, 3.8) is 0 Å². The molecule has 132 valence electrons. The third-order valence-corrected chi connectivity index (χ3v) is 4.10. The fraction of sp³-hybridized carbons (Fsp3) is 0.667. The number of hydrogen-bond donors (Lipinski definition) is 1. The second-order valence-corrected chi connectivity index (χ2v) is 7.22. The van der Waals surface area contributed by atoms with E-state index in [9.17, 15) is 4.79 Å². The maximum atomic E-state index is 12.4. The predicted octanol–water partition coefficient (Wildman–Crippen LogP) is 3.03. The quantitative estimate of drug-likeness (QED) is 0.898. The topological polar surface area (TPSA) is 76.3 Å². The number of amides is 1. The first kappa shape index (κ1) is 18.5. The van der Waals surface area contributed by atoms with E-state index in [2.05, 4.69) is 11.4 Å². The van der Waals surface area contributed by atoms with Gasteiger partial charge >= 0.3 is 0 Å². The summed E-state index contributed by atoms with van der Waals surface area (Å²) in [7, 11) is 0. The maximum Gasteiger partial charge on any atom is 0.254 e. The maximum absolute atomic E-state index is 12.4. The van der Waals surface area contributed by atoms with E-state index >= 15 is 0 Å². The Morgan fingerprint density at radius 3 is 2.88 bits per heavy atom. The van der Waals surface area contributed by atoms with Gasteiger partial charge in [0.15, 0.2) is 0 Å². The number of carbonyl (C=O) groups excluding carboxylic acids is 1. The van der Waals surface area contributed by atoms with Gasteiger partial charge in [0, 0.05) is 18.3 Å². The molecule has 1 saturated heterocycles. The minimum absolute atomic E-state index is 0.0811. The van der Waals surface area contributed by atoms with Crippen molar-refractivity contribution in [3.8, 4) is 6.07 Å². The number of carbonyl (C=O) groups is 1. The third-order valence-electron chi connectivity index (χ3n) is 4.10. The summed E-state index contributed by atoms with van der Waals surface area (Å²) in [5.41, 5.74) is 0.280. The molecule has 2 rings (SSSR count). The van der Waals surface area contributed by atoms with Gasteiger partial charge in [0.2, 0.25) is 0 Å². The van der Waals surface area contributed by atoms with E-state index in [1.807, 2.05) is 25.3 Å². The number of anilines is 1. The van der Waals surface area contributed by atoms with Crippen molar-refractivity contribution in [3.05, 3.63) is 17.8 Å². The van der Waals surface area contributed by atoms with Crippen LogP contribution in [0.4, 0.5) is 5.82 Å². The molecule has 2 atom stereocenters. The Kier molecular flexibility index (Phi) is 6.03. The van der Waals surface area contributed by atoms with Crippen molar-refractivity contribution in [1.29, 1.82) is 5.26 Å². The second kappa shape index (κ2) is 7.82. The van der Waals surface area contributed by atoms with Crippen molar-refractivity contribution in [2.45, 2.75) is 64.7 Å². The van der Waals surface area contributed by atoms with Crippen LogP contribution in [0.5, 0.6) is 0 Å². The van der Waals surface area contributed by atoms with E-state index in [0.29, 0.717) is 18.0 Å². The predicted molar refractivity (Wildman–Crippen MR) is 91.8 cm³/mol. The fourth-order valence-corrected chi connectivity index (χ4v) is 2.67. The van der Waals surface area contributed by atoms with E-state index in [-0.39, 0.29) is 17.6 Å². The van der Waals surface area contributed by atoms with Crippen molar-refractivity contribution in [2.75, 3.05) is 18.5 Å². The highest BCUT2D eigenvalue weighted by atomic mass is 16.5. The number of rotatable bonds is 5. The molecule has 1 amide bonds. The molecule has 0 radical (unpaired) electrons. The van der Waals surface area contributed by atoms with Gasteiger partial charge in [0.05, 0.1) is 18.3 Å². The van der Waals surface area contributed by atoms with Crippen LogP contribution >= 0.6 is 0 Å². The molecule has 1 aliphatic heterocycles. The first-order valence-electron chi connectivity index (χ1n) is 8.48. The van der Waals surface area contributed by atoms with Crippen molar-refractivity contribution in [1.82, 2.24) is 4.57 Å². The van der Waals surface area contributed by atoms with E-state index in [4.69, 9.17) is 14.7 Å². The molecule has 0 spiro atoms. The highest BCUT2D eigenvalue weighted by molar-refractivity contribution is 5.93. The molecule has 0 aromatic carbocycles. The normalized spacial score (nSPS) is 19.5. The van der Waals surface area contributed by atoms with Gasteiger partial charge in [-0.05, 0) is 53.0 Å². The lowest BCUT2D eigenvalue weighted by Crippen LogP contribution is -2.34. The Bertz CT molecular complexity index is 604. The smallest absolute Gasteiger partial charge is 0.254 e. The summed E-state index contributed by atoms with van der Waals surface area (Å²) in [6.45, 7) is 8.98. The monoisotopic (exact) mass is 333 g/mol. The molecule has 1 fully saturated rings. The molecule has 24 heavy (non-hydrogen) atoms. The Morgan fingerprint density at radius 1 is 1.54 bits per heavy atom. The molecule has 1 aromatic rings. The van der Waals surface area contributed by atoms with E-state index in [0.717, 1.165) is 25.9 Å². The number of hydrogen-bond acceptors (Lipinski definition) is 4. The van der Waals surface area contributed by atoms with Crippen molar-refractivity contribution < 1.29 is 14.3 Å². The first-order chi connectivity index (χ1) is 11.3. The van der Waals surface area contributed by atoms with Gasteiger partial charge in [-0.25, -0.2) is 0 Å². The van der Waals surface area contributed by atoms with E-state index in [1.54, 1.807) is 19.2 Å². The SMILES string of the molecule is C[C@@H](OC[C@H]1CCCCO1)C(=O)Nc1cc(C#N)cn1C(C)(C)C. The van der Waals surface area contributed by atoms with Gasteiger partial charge < -0.3 is 19.4 Å². The van der Waals surface area contributed by atoms with Gasteiger partial charge in [-0.3, -0.25) is 4.79 Å². The highest BCUT2D eigenvalue weighted by Crippen LogP contribution is 2.24. The van der Waals surface area contributed by atoms with Crippen molar-refractivity contribution in [2.24, 2.45) is 0 Å². The van der Waals surface area contributed by atoms with Crippen LogP contribution in [0.1, 0.15) is 52.5 Å². The summed E-state index contributed by atoms with van der Waals surface area (Å²) in [5.74, 6) is 0.382. The van der Waals surface area contributed by atoms with Crippen LogP contribution in [0, 0.1) is 11.3 Å². The lowest BCUT2D eigenvalue weighted by Gasteiger charge is -2.26. The number of nitrogens with zero attached hydrogens (tertiary/aromatic N) is 2. The highest BCUT2D eigenvalue weighted by Gasteiger charge is 2.22. The minimum Gasteiger partial charge on any atom is -0.376 e. The molecule has 6 heteroatoms. The zero-order valence-corrected chi connectivity index (χ0v) is 15.0. The Labute approximate surface area is 143 Å². The second-order valence-electron chi connectivity index (χ2n) is 7.22. The van der Waals surface area contributed by atoms with Gasteiger partial charge in [0.1, 0.15) is 18.0 Å². The lowest BCUT2D eigenvalue weighted by molar-refractivity contribution is -0.130. The molecule has 0 saturated carbocycles. The van der Waals surface area contributed by atoms with Gasteiger partial charge in [-0.1, -0.05) is 0 Å². The van der Waals surface area contributed by atoms with Crippen LogP contribution in [0.15, 0.2) is 12.3 Å². The van der Waals surface area contributed by atoms with Gasteiger partial charge in [-0.2, -0.15) is 5.26 Å². The van der Waals surface area contributed by atoms with Crippen LogP contribution in [0.3, 0.4) is 0 Å². The average molecular weight is 333 g/mol. The summed E-state index contributed by atoms with van der Waals surface area (Å²) in [6.07, 6.45) is 4.47. The summed E-state index contributed by atoms with van der Waals surface area (Å²) < 4.78 is 13.2. The van der Waals surface area contributed by atoms with Crippen LogP contribution in [-0.2, 0) is 19.8 Å². The molecule has 0 bridgehead atoms. The van der Waals surface area contributed by atoms with Crippen molar-refractivity contribution >= 4 is 11.7 Å². The molecular weight excluding hydrogens is 306 g/mol. The zero-order chi connectivity index (χ0) is 17.7. The number of nitriles is 1. The summed E-state index contributed by atoms with van der Waals surface area (Å²) >= 11 is 0. The fourth-order valence-electron chi connectivity index (χ4n) is 2.67. The average Bonchev–Trinajstić information content (AvgIpc) is 2.96. The van der Waals surface area contributed by atoms with Crippen LogP contribution in [0.2, 0.25) is 0 Å². The molecule has 0 aliphatic carbocycles. The standard InChI is InChI=1S/C18H27N3O3/c1-13(24-12-15-7-5-6-8-23-15)17(22)20-16-9-14(10-19)11-21(16)18(2,3)4/h9,11,13,15H,5-8,12H2,1-4H3,(H,20,22)/t13-,15-/m1/s1. The zero-order valence-electron chi connectivity index (χ0n) is 15.0. The van der Waals surface area contributed by atoms with Gasteiger partial charge in [-0.15, -0.1) is 0 Å². The van der Waals surface area contributed by atoms with Crippen LogP contribution in [-0.4, -0.2) is 35.9 Å². The molecule has 0 unspecified atom stereocenters. The summed E-state index contributed by atoms with van der Waals surface area (Å²) in [5, 5.41) is 12.0.